The van der Waals surface area contributed by atoms with E-state index >= 15 is 0 Å². The van der Waals surface area contributed by atoms with Crippen molar-refractivity contribution in [2.75, 3.05) is 20.8 Å². The van der Waals surface area contributed by atoms with Crippen LogP contribution in [-0.2, 0) is 20.7 Å². The van der Waals surface area contributed by atoms with Crippen molar-refractivity contribution >= 4 is 16.7 Å². The van der Waals surface area contributed by atoms with Crippen LogP contribution in [0.15, 0.2) is 42.5 Å². The van der Waals surface area contributed by atoms with Gasteiger partial charge in [0.15, 0.2) is 6.29 Å². The average molecular weight is 273 g/mol. The molecule has 4 heteroatoms. The zero-order valence-electron chi connectivity index (χ0n) is 11.8. The maximum absolute atomic E-state index is 11.9. The molecule has 0 bridgehead atoms. The summed E-state index contributed by atoms with van der Waals surface area (Å²) in [5.74, 6) is -0.0422. The number of nitrogens with one attached hydrogen (secondary N) is 1. The molecule has 0 atom stereocenters. The van der Waals surface area contributed by atoms with Crippen molar-refractivity contribution in [2.24, 2.45) is 0 Å². The van der Waals surface area contributed by atoms with E-state index in [1.165, 1.54) is 5.39 Å². The minimum atomic E-state index is -0.407. The second-order valence-corrected chi connectivity index (χ2v) is 4.56. The Morgan fingerprint density at radius 2 is 1.80 bits per heavy atom. The van der Waals surface area contributed by atoms with E-state index in [-0.39, 0.29) is 5.91 Å². The summed E-state index contributed by atoms with van der Waals surface area (Å²) in [6.07, 6.45) is -0.0547. The van der Waals surface area contributed by atoms with Crippen molar-refractivity contribution in [1.82, 2.24) is 5.32 Å². The molecule has 2 aromatic rings. The van der Waals surface area contributed by atoms with Crippen LogP contribution in [0.5, 0.6) is 0 Å². The van der Waals surface area contributed by atoms with Crippen LogP contribution in [0.2, 0.25) is 0 Å². The first-order chi connectivity index (χ1) is 9.72. The molecule has 0 aliphatic heterocycles. The lowest BCUT2D eigenvalue weighted by Gasteiger charge is -2.14. The fourth-order valence-corrected chi connectivity index (χ4v) is 2.06. The number of methoxy groups -OCH3 is 2. The minimum absolute atomic E-state index is 0.0422. The summed E-state index contributed by atoms with van der Waals surface area (Å²) in [6.45, 7) is 0.347. The molecule has 1 amide bonds. The van der Waals surface area contributed by atoms with Gasteiger partial charge in [-0.25, -0.2) is 0 Å². The normalized spacial score (nSPS) is 10.9. The summed E-state index contributed by atoms with van der Waals surface area (Å²) in [4.78, 5) is 11.9. The number of amides is 1. The summed E-state index contributed by atoms with van der Waals surface area (Å²) in [7, 11) is 3.09. The summed E-state index contributed by atoms with van der Waals surface area (Å²) in [5.41, 5.74) is 0.993. The second-order valence-electron chi connectivity index (χ2n) is 4.56. The first kappa shape index (κ1) is 14.5. The van der Waals surface area contributed by atoms with Crippen LogP contribution >= 0.6 is 0 Å². The van der Waals surface area contributed by atoms with E-state index in [0.29, 0.717) is 13.0 Å². The summed E-state index contributed by atoms with van der Waals surface area (Å²) < 4.78 is 10.0. The largest absolute Gasteiger partial charge is 0.354 e. The zero-order valence-corrected chi connectivity index (χ0v) is 11.8. The first-order valence-corrected chi connectivity index (χ1v) is 6.53. The fraction of sp³-hybridized carbons (Fsp3) is 0.312. The molecule has 0 radical (unpaired) electrons. The van der Waals surface area contributed by atoms with Gasteiger partial charge in [-0.05, 0) is 16.3 Å². The number of rotatable bonds is 6. The van der Waals surface area contributed by atoms with Gasteiger partial charge in [-0.15, -0.1) is 0 Å². The number of benzene rings is 2. The van der Waals surface area contributed by atoms with E-state index in [0.717, 1.165) is 10.9 Å². The van der Waals surface area contributed by atoms with Crippen LogP contribution in [-0.4, -0.2) is 33.0 Å². The summed E-state index contributed by atoms with van der Waals surface area (Å²) in [6, 6.07) is 14.2. The van der Waals surface area contributed by atoms with Gasteiger partial charge < -0.3 is 14.8 Å². The van der Waals surface area contributed by atoms with E-state index in [2.05, 4.69) is 11.4 Å². The van der Waals surface area contributed by atoms with Crippen LogP contribution < -0.4 is 5.32 Å². The average Bonchev–Trinajstić information content (AvgIpc) is 2.48. The second kappa shape index (κ2) is 7.03. The predicted molar refractivity (Wildman–Crippen MR) is 78.5 cm³/mol. The van der Waals surface area contributed by atoms with Gasteiger partial charge in [-0.2, -0.15) is 0 Å². The van der Waals surface area contributed by atoms with Crippen molar-refractivity contribution in [3.05, 3.63) is 48.0 Å². The van der Waals surface area contributed by atoms with Gasteiger partial charge in [0.05, 0.1) is 13.0 Å². The molecule has 0 fully saturated rings. The number of hydrogen-bond acceptors (Lipinski definition) is 3. The molecule has 0 saturated heterocycles. The van der Waals surface area contributed by atoms with Crippen molar-refractivity contribution in [3.8, 4) is 0 Å². The van der Waals surface area contributed by atoms with E-state index in [4.69, 9.17) is 9.47 Å². The van der Waals surface area contributed by atoms with Crippen LogP contribution in [0.3, 0.4) is 0 Å². The van der Waals surface area contributed by atoms with Gasteiger partial charge in [-0.3, -0.25) is 4.79 Å². The van der Waals surface area contributed by atoms with Gasteiger partial charge in [0, 0.05) is 14.2 Å². The zero-order chi connectivity index (χ0) is 14.4. The predicted octanol–water partition coefficient (Wildman–Crippen LogP) is 2.12. The minimum Gasteiger partial charge on any atom is -0.354 e. The lowest BCUT2D eigenvalue weighted by atomic mass is 10.1. The molecule has 0 aliphatic carbocycles. The van der Waals surface area contributed by atoms with Crippen molar-refractivity contribution in [3.63, 3.8) is 0 Å². The highest BCUT2D eigenvalue weighted by Crippen LogP contribution is 2.15. The van der Waals surface area contributed by atoms with Crippen molar-refractivity contribution in [2.45, 2.75) is 12.7 Å². The van der Waals surface area contributed by atoms with Crippen LogP contribution in [0.1, 0.15) is 5.56 Å². The Kier molecular flexibility index (Phi) is 5.09. The lowest BCUT2D eigenvalue weighted by molar-refractivity contribution is -0.126. The van der Waals surface area contributed by atoms with E-state index in [1.54, 1.807) is 14.2 Å². The summed E-state index contributed by atoms with van der Waals surface area (Å²) in [5, 5.41) is 5.11. The van der Waals surface area contributed by atoms with E-state index in [9.17, 15) is 4.79 Å². The van der Waals surface area contributed by atoms with Crippen LogP contribution in [0, 0.1) is 0 Å². The Hall–Kier alpha value is -1.91. The molecule has 4 nitrogen and oxygen atoms in total. The molecular formula is C16H19NO3. The third-order valence-corrected chi connectivity index (χ3v) is 3.17. The Balaban J connectivity index is 1.95. The van der Waals surface area contributed by atoms with Gasteiger partial charge in [-0.1, -0.05) is 42.5 Å². The number of carbonyl (C=O) groups is 1. The highest BCUT2D eigenvalue weighted by Gasteiger charge is 2.08. The van der Waals surface area contributed by atoms with Gasteiger partial charge in [0.2, 0.25) is 5.91 Å². The number of fused-ring (bicyclic) bond motifs is 1. The third-order valence-electron chi connectivity index (χ3n) is 3.17. The molecule has 0 unspecified atom stereocenters. The first-order valence-electron chi connectivity index (χ1n) is 6.53. The molecule has 0 aliphatic rings. The highest BCUT2D eigenvalue weighted by molar-refractivity contribution is 5.85. The molecule has 1 N–H and O–H groups in total. The molecule has 0 aromatic heterocycles. The van der Waals surface area contributed by atoms with Gasteiger partial charge in [0.1, 0.15) is 0 Å². The fourth-order valence-electron chi connectivity index (χ4n) is 2.06. The quantitative estimate of drug-likeness (QED) is 0.820. The standard InChI is InChI=1S/C16H19NO3/c1-19-16(20-2)11-17-15(18)10-12-7-8-13-5-3-4-6-14(13)9-12/h3-9,16H,10-11H2,1-2H3,(H,17,18). The Morgan fingerprint density at radius 1 is 1.10 bits per heavy atom. The molecule has 2 rings (SSSR count). The Morgan fingerprint density at radius 3 is 2.50 bits per heavy atom. The van der Waals surface area contributed by atoms with Gasteiger partial charge in [0.25, 0.3) is 0 Å². The topological polar surface area (TPSA) is 47.6 Å². The van der Waals surface area contributed by atoms with Crippen molar-refractivity contribution < 1.29 is 14.3 Å². The molecule has 0 heterocycles. The Labute approximate surface area is 118 Å². The van der Waals surface area contributed by atoms with Crippen molar-refractivity contribution in [1.29, 1.82) is 0 Å². The molecule has 2 aromatic carbocycles. The number of ether oxygens (including phenoxy) is 2. The molecule has 20 heavy (non-hydrogen) atoms. The number of carbonyl (C=O) groups excluding carboxylic acids is 1. The lowest BCUT2D eigenvalue weighted by Crippen LogP contribution is -2.34. The monoisotopic (exact) mass is 273 g/mol. The maximum Gasteiger partial charge on any atom is 0.224 e. The highest BCUT2D eigenvalue weighted by atomic mass is 16.7. The van der Waals surface area contributed by atoms with E-state index < -0.39 is 6.29 Å². The molecule has 106 valence electrons. The smallest absolute Gasteiger partial charge is 0.224 e. The molecular weight excluding hydrogens is 254 g/mol. The molecule has 0 spiro atoms. The number of hydrogen-bond donors (Lipinski definition) is 1. The SMILES string of the molecule is COC(CNC(=O)Cc1ccc2ccccc2c1)OC. The van der Waals surface area contributed by atoms with Crippen LogP contribution in [0.25, 0.3) is 10.8 Å². The Bertz CT molecular complexity index is 579. The maximum atomic E-state index is 11.9. The van der Waals surface area contributed by atoms with Gasteiger partial charge >= 0.3 is 0 Å². The summed E-state index contributed by atoms with van der Waals surface area (Å²) >= 11 is 0. The molecule has 0 saturated carbocycles. The third kappa shape index (κ3) is 3.79. The van der Waals surface area contributed by atoms with E-state index in [1.807, 2.05) is 36.4 Å². The van der Waals surface area contributed by atoms with Crippen LogP contribution in [0.4, 0.5) is 0 Å².